The number of nitrogens with one attached hydrogen (secondary N) is 2. The number of sulfonamides is 1. The van der Waals surface area contributed by atoms with Crippen molar-refractivity contribution in [3.8, 4) is 0 Å². The zero-order valence-electron chi connectivity index (χ0n) is 22.7. The van der Waals surface area contributed by atoms with Crippen LogP contribution in [0.1, 0.15) is 54.7 Å². The van der Waals surface area contributed by atoms with Crippen LogP contribution in [0.15, 0.2) is 95.9 Å². The fourth-order valence-electron chi connectivity index (χ4n) is 6.68. The molecule has 1 saturated carbocycles. The van der Waals surface area contributed by atoms with Gasteiger partial charge in [-0.2, -0.15) is 0 Å². The van der Waals surface area contributed by atoms with Gasteiger partial charge in [-0.05, 0) is 109 Å². The smallest absolute Gasteiger partial charge is 0.240 e. The maximum absolute atomic E-state index is 14.0. The highest BCUT2D eigenvalue weighted by Crippen LogP contribution is 2.38. The Hall–Kier alpha value is -3.06. The standard InChI is InChI=1S/C34H37FN2O2S/c35-30-16-18-32-29(20-30)15-19-33(34(32)27-7-2-1-3-8-27)36-22-24-10-12-25(13-11-24)23-37-40(38,39)31-17-14-26-6-4-5-9-28(26)21-31/h1-9,14,16-18,20-21,24-25,33-34,36-37H,10-13,15,19,22-23H2. The minimum absolute atomic E-state index is 0.159. The number of hydrogen-bond donors (Lipinski definition) is 2. The highest BCUT2D eigenvalue weighted by Gasteiger charge is 2.32. The average molecular weight is 557 g/mol. The Labute approximate surface area is 237 Å². The molecular weight excluding hydrogens is 519 g/mol. The summed E-state index contributed by atoms with van der Waals surface area (Å²) in [5.74, 6) is 0.999. The largest absolute Gasteiger partial charge is 0.313 e. The minimum atomic E-state index is -3.53. The Morgan fingerprint density at radius 1 is 0.725 bits per heavy atom. The monoisotopic (exact) mass is 556 g/mol. The van der Waals surface area contributed by atoms with E-state index in [1.807, 2.05) is 42.5 Å². The van der Waals surface area contributed by atoms with Crippen LogP contribution in [0.5, 0.6) is 0 Å². The van der Waals surface area contributed by atoms with Gasteiger partial charge in [0.05, 0.1) is 4.90 Å². The molecule has 2 aliphatic rings. The molecule has 0 spiro atoms. The molecule has 4 aromatic carbocycles. The summed E-state index contributed by atoms with van der Waals surface area (Å²) in [5, 5.41) is 5.87. The second-order valence-corrected chi connectivity index (χ2v) is 13.3. The van der Waals surface area contributed by atoms with E-state index in [1.54, 1.807) is 24.3 Å². The predicted molar refractivity (Wildman–Crippen MR) is 159 cm³/mol. The van der Waals surface area contributed by atoms with Crippen LogP contribution in [0.3, 0.4) is 0 Å². The SMILES string of the molecule is O=S(=O)(NCC1CCC(CNC2CCc3cc(F)ccc3C2c2ccccc2)CC1)c1ccc2ccccc2c1. The lowest BCUT2D eigenvalue weighted by Crippen LogP contribution is -2.42. The Kier molecular flexibility index (Phi) is 8.01. The van der Waals surface area contributed by atoms with Crippen LogP contribution >= 0.6 is 0 Å². The van der Waals surface area contributed by atoms with E-state index in [4.69, 9.17) is 0 Å². The summed E-state index contributed by atoms with van der Waals surface area (Å²) in [6, 6.07) is 29.3. The van der Waals surface area contributed by atoms with E-state index in [9.17, 15) is 12.8 Å². The van der Waals surface area contributed by atoms with Crippen molar-refractivity contribution in [2.24, 2.45) is 11.8 Å². The summed E-state index contributed by atoms with van der Waals surface area (Å²) in [5.41, 5.74) is 3.63. The summed E-state index contributed by atoms with van der Waals surface area (Å²) < 4.78 is 42.8. The lowest BCUT2D eigenvalue weighted by molar-refractivity contribution is 0.255. The van der Waals surface area contributed by atoms with Gasteiger partial charge in [0.15, 0.2) is 0 Å². The van der Waals surface area contributed by atoms with Crippen molar-refractivity contribution in [3.63, 3.8) is 0 Å². The molecule has 2 aliphatic carbocycles. The van der Waals surface area contributed by atoms with Crippen molar-refractivity contribution in [1.82, 2.24) is 10.0 Å². The van der Waals surface area contributed by atoms with Crippen LogP contribution in [0.4, 0.5) is 4.39 Å². The third kappa shape index (κ3) is 5.99. The normalized spacial score (nSPS) is 23.1. The van der Waals surface area contributed by atoms with Crippen molar-refractivity contribution in [2.75, 3.05) is 13.1 Å². The zero-order valence-corrected chi connectivity index (χ0v) is 23.5. The molecule has 208 valence electrons. The molecule has 1 fully saturated rings. The van der Waals surface area contributed by atoms with Crippen molar-refractivity contribution < 1.29 is 12.8 Å². The van der Waals surface area contributed by atoms with E-state index < -0.39 is 10.0 Å². The van der Waals surface area contributed by atoms with Crippen molar-refractivity contribution in [1.29, 1.82) is 0 Å². The lowest BCUT2D eigenvalue weighted by atomic mass is 9.75. The third-order valence-electron chi connectivity index (χ3n) is 8.95. The first-order valence-corrected chi connectivity index (χ1v) is 16.0. The maximum Gasteiger partial charge on any atom is 0.240 e. The highest BCUT2D eigenvalue weighted by molar-refractivity contribution is 7.89. The van der Waals surface area contributed by atoms with E-state index in [-0.39, 0.29) is 11.7 Å². The molecule has 4 nitrogen and oxygen atoms in total. The van der Waals surface area contributed by atoms with Gasteiger partial charge in [0.25, 0.3) is 0 Å². The molecule has 0 aliphatic heterocycles. The molecule has 0 radical (unpaired) electrons. The third-order valence-corrected chi connectivity index (χ3v) is 10.4. The van der Waals surface area contributed by atoms with Crippen LogP contribution in [-0.2, 0) is 16.4 Å². The molecule has 6 rings (SSSR count). The first kappa shape index (κ1) is 27.1. The lowest BCUT2D eigenvalue weighted by Gasteiger charge is -2.37. The number of rotatable bonds is 8. The second-order valence-electron chi connectivity index (χ2n) is 11.5. The molecule has 0 saturated heterocycles. The average Bonchev–Trinajstić information content (AvgIpc) is 2.99. The first-order valence-electron chi connectivity index (χ1n) is 14.5. The number of hydrogen-bond acceptors (Lipinski definition) is 3. The van der Waals surface area contributed by atoms with Gasteiger partial charge in [0, 0.05) is 18.5 Å². The molecule has 0 aromatic heterocycles. The Bertz CT molecular complexity index is 1570. The summed E-state index contributed by atoms with van der Waals surface area (Å²) in [6.45, 7) is 1.45. The van der Waals surface area contributed by atoms with Gasteiger partial charge < -0.3 is 5.32 Å². The van der Waals surface area contributed by atoms with Gasteiger partial charge >= 0.3 is 0 Å². The quantitative estimate of drug-likeness (QED) is 0.251. The first-order chi connectivity index (χ1) is 19.5. The summed E-state index contributed by atoms with van der Waals surface area (Å²) in [4.78, 5) is 0.328. The number of halogens is 1. The van der Waals surface area contributed by atoms with Gasteiger partial charge in [-0.3, -0.25) is 0 Å². The van der Waals surface area contributed by atoms with Crippen LogP contribution < -0.4 is 10.0 Å². The van der Waals surface area contributed by atoms with Gasteiger partial charge in [0.2, 0.25) is 10.0 Å². The summed E-state index contributed by atoms with van der Waals surface area (Å²) in [7, 11) is -3.53. The predicted octanol–water partition coefficient (Wildman–Crippen LogP) is 6.80. The Morgan fingerprint density at radius 3 is 2.20 bits per heavy atom. The van der Waals surface area contributed by atoms with Crippen LogP contribution in [0, 0.1) is 17.7 Å². The van der Waals surface area contributed by atoms with Gasteiger partial charge in [-0.1, -0.05) is 66.7 Å². The fourth-order valence-corrected chi connectivity index (χ4v) is 7.84. The molecule has 2 unspecified atom stereocenters. The van der Waals surface area contributed by atoms with Crippen molar-refractivity contribution >= 4 is 20.8 Å². The highest BCUT2D eigenvalue weighted by atomic mass is 32.2. The molecule has 0 heterocycles. The molecule has 0 bridgehead atoms. The van der Waals surface area contributed by atoms with Crippen molar-refractivity contribution in [2.45, 2.75) is 55.4 Å². The Balaban J connectivity index is 1.03. The second kappa shape index (κ2) is 11.8. The van der Waals surface area contributed by atoms with Crippen LogP contribution in [0.25, 0.3) is 10.8 Å². The molecule has 0 amide bonds. The minimum Gasteiger partial charge on any atom is -0.313 e. The van der Waals surface area contributed by atoms with Crippen LogP contribution in [-0.4, -0.2) is 27.5 Å². The fraction of sp³-hybridized carbons (Fsp3) is 0.353. The van der Waals surface area contributed by atoms with Crippen LogP contribution in [0.2, 0.25) is 0 Å². The van der Waals surface area contributed by atoms with Gasteiger partial charge in [0.1, 0.15) is 5.82 Å². The van der Waals surface area contributed by atoms with E-state index in [0.29, 0.717) is 29.3 Å². The summed E-state index contributed by atoms with van der Waals surface area (Å²) >= 11 is 0. The van der Waals surface area contributed by atoms with Gasteiger partial charge in [-0.15, -0.1) is 0 Å². The Morgan fingerprint density at radius 2 is 1.43 bits per heavy atom. The zero-order chi connectivity index (χ0) is 27.5. The molecule has 2 atom stereocenters. The molecule has 2 N–H and O–H groups in total. The van der Waals surface area contributed by atoms with E-state index >= 15 is 0 Å². The molecule has 6 heteroatoms. The van der Waals surface area contributed by atoms with E-state index in [2.05, 4.69) is 34.3 Å². The van der Waals surface area contributed by atoms with Crippen molar-refractivity contribution in [3.05, 3.63) is 114 Å². The molecule has 4 aromatic rings. The molecule has 40 heavy (non-hydrogen) atoms. The number of fused-ring (bicyclic) bond motifs is 2. The number of aryl methyl sites for hydroxylation is 1. The summed E-state index contributed by atoms with van der Waals surface area (Å²) in [6.07, 6.45) is 6.13. The maximum atomic E-state index is 14.0. The topological polar surface area (TPSA) is 58.2 Å². The van der Waals surface area contributed by atoms with E-state index in [1.165, 1.54) is 11.1 Å². The van der Waals surface area contributed by atoms with Gasteiger partial charge in [-0.25, -0.2) is 17.5 Å². The van der Waals surface area contributed by atoms with E-state index in [0.717, 1.165) is 61.4 Å². The number of benzene rings is 4. The molecular formula is C34H37FN2O2S.